The van der Waals surface area contributed by atoms with Gasteiger partial charge in [-0.1, -0.05) is 31.9 Å². The average Bonchev–Trinajstić information content (AvgIpc) is 2.21. The molecule has 3 nitrogen and oxygen atoms in total. The van der Waals surface area contributed by atoms with Crippen LogP contribution in [0.3, 0.4) is 0 Å². The molecule has 0 aromatic carbocycles. The van der Waals surface area contributed by atoms with Gasteiger partial charge in [-0.25, -0.2) is 9.97 Å². The fraction of sp³-hybridized carbons (Fsp3) is 0.636. The number of anilines is 1. The smallest absolute Gasteiger partial charge is 0.222 e. The molecule has 0 bridgehead atoms. The van der Waals surface area contributed by atoms with E-state index in [1.165, 1.54) is 6.42 Å². The third-order valence-electron chi connectivity index (χ3n) is 2.45. The molecular weight excluding hydrogens is 210 g/mol. The molecule has 2 unspecified atom stereocenters. The van der Waals surface area contributed by atoms with Gasteiger partial charge in [0.15, 0.2) is 0 Å². The highest BCUT2D eigenvalue weighted by Crippen LogP contribution is 2.13. The minimum atomic E-state index is 0.390. The first-order chi connectivity index (χ1) is 7.11. The molecule has 84 valence electrons. The van der Waals surface area contributed by atoms with Crippen LogP contribution in [0.25, 0.3) is 0 Å². The van der Waals surface area contributed by atoms with E-state index in [0.29, 0.717) is 17.0 Å². The molecule has 0 radical (unpaired) electrons. The van der Waals surface area contributed by atoms with E-state index in [4.69, 9.17) is 11.6 Å². The Kier molecular flexibility index (Phi) is 4.82. The maximum atomic E-state index is 5.70. The Morgan fingerprint density at radius 1 is 1.33 bits per heavy atom. The topological polar surface area (TPSA) is 37.8 Å². The lowest BCUT2D eigenvalue weighted by Crippen LogP contribution is -2.19. The molecule has 1 N–H and O–H groups in total. The Morgan fingerprint density at radius 3 is 2.47 bits per heavy atom. The molecule has 4 heteroatoms. The summed E-state index contributed by atoms with van der Waals surface area (Å²) in [7, 11) is 0. The summed E-state index contributed by atoms with van der Waals surface area (Å²) in [5.74, 6) is 1.37. The zero-order chi connectivity index (χ0) is 11.3. The lowest BCUT2D eigenvalue weighted by atomic mass is 10.0. The molecule has 0 amide bonds. The molecule has 0 spiro atoms. The Morgan fingerprint density at radius 2 is 1.93 bits per heavy atom. The van der Waals surface area contributed by atoms with Crippen LogP contribution in [0.4, 0.5) is 5.95 Å². The predicted octanol–water partition coefficient (Wildman–Crippen LogP) is 3.37. The van der Waals surface area contributed by atoms with E-state index in [-0.39, 0.29) is 0 Å². The van der Waals surface area contributed by atoms with E-state index < -0.39 is 0 Å². The average molecular weight is 228 g/mol. The maximum absolute atomic E-state index is 5.70. The normalized spacial score (nSPS) is 14.7. The Hall–Kier alpha value is -0.830. The van der Waals surface area contributed by atoms with Gasteiger partial charge in [-0.3, -0.25) is 0 Å². The third kappa shape index (κ3) is 4.47. The summed E-state index contributed by atoms with van der Waals surface area (Å²) in [6.45, 7) is 6.60. The van der Waals surface area contributed by atoms with Crippen LogP contribution in [-0.2, 0) is 0 Å². The number of halogens is 1. The molecule has 1 rings (SSSR count). The van der Waals surface area contributed by atoms with Gasteiger partial charge in [-0.15, -0.1) is 0 Å². The molecule has 0 aliphatic heterocycles. The zero-order valence-corrected chi connectivity index (χ0v) is 10.3. The van der Waals surface area contributed by atoms with Gasteiger partial charge < -0.3 is 5.32 Å². The molecular formula is C11H18ClN3. The number of rotatable bonds is 5. The number of hydrogen-bond acceptors (Lipinski definition) is 3. The van der Waals surface area contributed by atoms with Crippen molar-refractivity contribution in [1.82, 2.24) is 9.97 Å². The van der Waals surface area contributed by atoms with E-state index in [1.54, 1.807) is 12.4 Å². The minimum Gasteiger partial charge on any atom is -0.352 e. The van der Waals surface area contributed by atoms with Crippen LogP contribution in [0, 0.1) is 5.92 Å². The summed E-state index contributed by atoms with van der Waals surface area (Å²) < 4.78 is 0. The lowest BCUT2D eigenvalue weighted by molar-refractivity contribution is 0.482. The highest BCUT2D eigenvalue weighted by molar-refractivity contribution is 6.30. The van der Waals surface area contributed by atoms with Crippen LogP contribution in [-0.4, -0.2) is 16.0 Å². The third-order valence-corrected chi connectivity index (χ3v) is 2.64. The van der Waals surface area contributed by atoms with Crippen molar-refractivity contribution in [1.29, 1.82) is 0 Å². The number of nitrogens with one attached hydrogen (secondary N) is 1. The number of aromatic nitrogens is 2. The highest BCUT2D eigenvalue weighted by atomic mass is 35.5. The van der Waals surface area contributed by atoms with Crippen molar-refractivity contribution < 1.29 is 0 Å². The largest absolute Gasteiger partial charge is 0.352 e. The molecule has 0 fully saturated rings. The van der Waals surface area contributed by atoms with Gasteiger partial charge in [0.25, 0.3) is 0 Å². The van der Waals surface area contributed by atoms with Gasteiger partial charge in [0, 0.05) is 6.04 Å². The van der Waals surface area contributed by atoms with Crippen LogP contribution >= 0.6 is 11.6 Å². The van der Waals surface area contributed by atoms with Crippen LogP contribution in [0.2, 0.25) is 5.02 Å². The summed E-state index contributed by atoms with van der Waals surface area (Å²) >= 11 is 5.70. The van der Waals surface area contributed by atoms with Crippen molar-refractivity contribution in [2.24, 2.45) is 5.92 Å². The van der Waals surface area contributed by atoms with E-state index >= 15 is 0 Å². The van der Waals surface area contributed by atoms with Crippen molar-refractivity contribution in [2.45, 2.75) is 39.7 Å². The summed E-state index contributed by atoms with van der Waals surface area (Å²) in [6.07, 6.45) is 5.54. The molecule has 1 aromatic rings. The first kappa shape index (κ1) is 12.2. The Bertz CT molecular complexity index is 286. The van der Waals surface area contributed by atoms with E-state index in [9.17, 15) is 0 Å². The Balaban J connectivity index is 2.44. The van der Waals surface area contributed by atoms with E-state index in [0.717, 1.165) is 12.3 Å². The van der Waals surface area contributed by atoms with Crippen molar-refractivity contribution in [2.75, 3.05) is 5.32 Å². The second kappa shape index (κ2) is 5.91. The van der Waals surface area contributed by atoms with E-state index in [2.05, 4.69) is 36.1 Å². The quantitative estimate of drug-likeness (QED) is 0.838. The SMILES string of the molecule is CCC(C)CC(C)Nc1ncc(Cl)cn1. The zero-order valence-electron chi connectivity index (χ0n) is 9.50. The van der Waals surface area contributed by atoms with Crippen molar-refractivity contribution in [3.05, 3.63) is 17.4 Å². The summed E-state index contributed by atoms with van der Waals surface area (Å²) in [4.78, 5) is 8.19. The molecule has 2 atom stereocenters. The standard InChI is InChI=1S/C11H18ClN3/c1-4-8(2)5-9(3)15-11-13-6-10(12)7-14-11/h6-9H,4-5H2,1-3H3,(H,13,14,15). The van der Waals surface area contributed by atoms with Gasteiger partial charge in [0.1, 0.15) is 0 Å². The molecule has 0 aliphatic rings. The maximum Gasteiger partial charge on any atom is 0.222 e. The predicted molar refractivity (Wildman–Crippen MR) is 64.2 cm³/mol. The Labute approximate surface area is 96.3 Å². The first-order valence-corrected chi connectivity index (χ1v) is 5.73. The second-order valence-electron chi connectivity index (χ2n) is 4.02. The molecule has 1 heterocycles. The summed E-state index contributed by atoms with van der Waals surface area (Å²) in [5.41, 5.74) is 0. The number of nitrogens with zero attached hydrogens (tertiary/aromatic N) is 2. The van der Waals surface area contributed by atoms with Crippen LogP contribution in [0.15, 0.2) is 12.4 Å². The minimum absolute atomic E-state index is 0.390. The van der Waals surface area contributed by atoms with Crippen LogP contribution < -0.4 is 5.32 Å². The van der Waals surface area contributed by atoms with Crippen LogP contribution in [0.1, 0.15) is 33.6 Å². The fourth-order valence-electron chi connectivity index (χ4n) is 1.44. The van der Waals surface area contributed by atoms with Gasteiger partial charge >= 0.3 is 0 Å². The lowest BCUT2D eigenvalue weighted by Gasteiger charge is -2.17. The van der Waals surface area contributed by atoms with Crippen molar-refractivity contribution in [3.63, 3.8) is 0 Å². The summed E-state index contributed by atoms with van der Waals surface area (Å²) in [5, 5.41) is 3.82. The fourth-order valence-corrected chi connectivity index (χ4v) is 1.53. The second-order valence-corrected chi connectivity index (χ2v) is 4.46. The van der Waals surface area contributed by atoms with Gasteiger partial charge in [-0.05, 0) is 19.3 Å². The number of hydrogen-bond donors (Lipinski definition) is 1. The molecule has 15 heavy (non-hydrogen) atoms. The molecule has 0 aliphatic carbocycles. The monoisotopic (exact) mass is 227 g/mol. The molecule has 0 saturated carbocycles. The molecule has 1 aromatic heterocycles. The van der Waals surface area contributed by atoms with Gasteiger partial charge in [-0.2, -0.15) is 0 Å². The van der Waals surface area contributed by atoms with Gasteiger partial charge in [0.2, 0.25) is 5.95 Å². The van der Waals surface area contributed by atoms with Crippen LogP contribution in [0.5, 0.6) is 0 Å². The first-order valence-electron chi connectivity index (χ1n) is 5.36. The highest BCUT2D eigenvalue weighted by Gasteiger charge is 2.07. The van der Waals surface area contributed by atoms with E-state index in [1.807, 2.05) is 0 Å². The van der Waals surface area contributed by atoms with Crippen molar-refractivity contribution in [3.8, 4) is 0 Å². The van der Waals surface area contributed by atoms with Crippen molar-refractivity contribution >= 4 is 17.5 Å². The summed E-state index contributed by atoms with van der Waals surface area (Å²) in [6, 6.07) is 0.390. The molecule has 0 saturated heterocycles. The van der Waals surface area contributed by atoms with Gasteiger partial charge in [0.05, 0.1) is 17.4 Å².